The first-order chi connectivity index (χ1) is 25.4. The van der Waals surface area contributed by atoms with Crippen LogP contribution in [0, 0.1) is 0 Å². The molecule has 0 spiro atoms. The van der Waals surface area contributed by atoms with Gasteiger partial charge in [-0.05, 0) is 25.7 Å². The van der Waals surface area contributed by atoms with Crippen LogP contribution in [0.4, 0.5) is 0 Å². The quantitative estimate of drug-likeness (QED) is 0.196. The third-order valence-corrected chi connectivity index (χ3v) is 13.3. The SMILES string of the molecule is C[n+]1ccccc1C1C2C=CC(N2)C(c2cccc[n+]2C)C2CCC(N2)C(c2cccc[n+]2C)C2C=CC(N2)C(c2cccc[n+]2C)C2CCC1N2. The van der Waals surface area contributed by atoms with E-state index in [1.807, 2.05) is 0 Å². The van der Waals surface area contributed by atoms with Crippen LogP contribution in [0.15, 0.2) is 122 Å². The van der Waals surface area contributed by atoms with E-state index in [1.54, 1.807) is 0 Å². The molecular weight excluding hydrogens is 641 g/mol. The molecule has 8 nitrogen and oxygen atoms in total. The summed E-state index contributed by atoms with van der Waals surface area (Å²) in [6, 6.07) is 29.1. The Labute approximate surface area is 309 Å². The van der Waals surface area contributed by atoms with Crippen molar-refractivity contribution in [3.63, 3.8) is 0 Å². The van der Waals surface area contributed by atoms with Crippen LogP contribution in [0.1, 0.15) is 72.1 Å². The van der Waals surface area contributed by atoms with E-state index in [0.717, 1.165) is 25.7 Å². The van der Waals surface area contributed by atoms with Crippen molar-refractivity contribution in [3.8, 4) is 0 Å². The number of pyridine rings is 4. The maximum absolute atomic E-state index is 4.33. The molecule has 4 aromatic heterocycles. The molecule has 12 atom stereocenters. The monoisotopic (exact) mass is 696 g/mol. The zero-order valence-corrected chi connectivity index (χ0v) is 31.1. The number of aromatic nitrogens is 4. The Hall–Kier alpha value is -4.08. The zero-order chi connectivity index (χ0) is 35.3. The lowest BCUT2D eigenvalue weighted by atomic mass is 9.85. The highest BCUT2D eigenvalue weighted by atomic mass is 15.1. The molecule has 8 heteroatoms. The van der Waals surface area contributed by atoms with Crippen LogP contribution in [-0.4, -0.2) is 48.3 Å². The summed E-state index contributed by atoms with van der Waals surface area (Å²) in [7, 11) is 8.87. The van der Waals surface area contributed by atoms with Gasteiger partial charge in [-0.15, -0.1) is 0 Å². The summed E-state index contributed by atoms with van der Waals surface area (Å²) in [5.41, 5.74) is 5.52. The second-order valence-electron chi connectivity index (χ2n) is 16.2. The van der Waals surface area contributed by atoms with Gasteiger partial charge < -0.3 is 21.3 Å². The first-order valence-corrected chi connectivity index (χ1v) is 19.6. The van der Waals surface area contributed by atoms with Crippen molar-refractivity contribution in [1.29, 1.82) is 0 Å². The molecule has 5 aliphatic rings. The van der Waals surface area contributed by atoms with Gasteiger partial charge in [-0.3, -0.25) is 0 Å². The Balaban J connectivity index is 1.17. The molecule has 12 unspecified atom stereocenters. The third kappa shape index (κ3) is 6.03. The fraction of sp³-hybridized carbons (Fsp3) is 0.455. The molecular formula is C44H56N8+4. The van der Waals surface area contributed by atoms with Crippen molar-refractivity contribution in [1.82, 2.24) is 21.3 Å². The molecule has 0 saturated carbocycles. The van der Waals surface area contributed by atoms with Crippen molar-refractivity contribution in [2.75, 3.05) is 0 Å². The van der Waals surface area contributed by atoms with E-state index in [4.69, 9.17) is 0 Å². The minimum Gasteiger partial charge on any atom is -0.309 e. The molecule has 3 saturated heterocycles. The summed E-state index contributed by atoms with van der Waals surface area (Å²) in [6.07, 6.45) is 23.4. The average Bonchev–Trinajstić information content (AvgIpc) is 3.99. The number of rotatable bonds is 4. The van der Waals surface area contributed by atoms with Crippen LogP contribution in [0.25, 0.3) is 0 Å². The van der Waals surface area contributed by atoms with Crippen LogP contribution in [0.2, 0.25) is 0 Å². The summed E-state index contributed by atoms with van der Waals surface area (Å²) in [6.45, 7) is 0. The number of aryl methyl sites for hydroxylation is 4. The molecule has 4 N–H and O–H groups in total. The number of hydrogen-bond acceptors (Lipinski definition) is 4. The lowest BCUT2D eigenvalue weighted by molar-refractivity contribution is -0.681. The highest BCUT2D eigenvalue weighted by molar-refractivity contribution is 5.31. The minimum absolute atomic E-state index is 0.216. The van der Waals surface area contributed by atoms with Crippen LogP contribution in [0.3, 0.4) is 0 Å². The molecule has 268 valence electrons. The molecule has 0 amide bonds. The number of nitrogens with zero attached hydrogens (tertiary/aromatic N) is 4. The molecule has 3 fully saturated rings. The second-order valence-corrected chi connectivity index (χ2v) is 16.2. The van der Waals surface area contributed by atoms with Crippen molar-refractivity contribution in [2.24, 2.45) is 28.2 Å². The Morgan fingerprint density at radius 3 is 0.846 bits per heavy atom. The van der Waals surface area contributed by atoms with Crippen molar-refractivity contribution < 1.29 is 18.3 Å². The molecule has 4 aromatic rings. The van der Waals surface area contributed by atoms with Gasteiger partial charge in [0.25, 0.3) is 0 Å². The Kier molecular flexibility index (Phi) is 9.11. The smallest absolute Gasteiger partial charge is 0.187 e. The maximum Gasteiger partial charge on any atom is 0.187 e. The summed E-state index contributed by atoms with van der Waals surface area (Å²) in [5.74, 6) is 1.14. The van der Waals surface area contributed by atoms with Gasteiger partial charge in [0, 0.05) is 96.9 Å². The van der Waals surface area contributed by atoms with Gasteiger partial charge in [0.05, 0.1) is 23.7 Å². The molecule has 0 radical (unpaired) electrons. The van der Waals surface area contributed by atoms with Crippen LogP contribution >= 0.6 is 0 Å². The van der Waals surface area contributed by atoms with Crippen molar-refractivity contribution in [2.45, 2.75) is 97.7 Å². The molecule has 52 heavy (non-hydrogen) atoms. The third-order valence-electron chi connectivity index (χ3n) is 13.3. The second kappa shape index (κ2) is 14.0. The lowest BCUT2D eigenvalue weighted by Gasteiger charge is -2.35. The van der Waals surface area contributed by atoms with E-state index < -0.39 is 0 Å². The first-order valence-electron chi connectivity index (χ1n) is 19.6. The summed E-state index contributed by atoms with van der Waals surface area (Å²) < 4.78 is 9.40. The predicted molar refractivity (Wildman–Crippen MR) is 201 cm³/mol. The molecule has 0 aliphatic carbocycles. The van der Waals surface area contributed by atoms with Gasteiger partial charge in [0.2, 0.25) is 0 Å². The van der Waals surface area contributed by atoms with Gasteiger partial charge in [0.15, 0.2) is 47.6 Å². The topological polar surface area (TPSA) is 63.6 Å². The Morgan fingerprint density at radius 2 is 0.615 bits per heavy atom. The van der Waals surface area contributed by atoms with Crippen LogP contribution in [-0.2, 0) is 28.2 Å². The van der Waals surface area contributed by atoms with Gasteiger partial charge in [-0.25, -0.2) is 18.3 Å². The molecule has 8 bridgehead atoms. The minimum atomic E-state index is 0.216. The summed E-state index contributed by atoms with van der Waals surface area (Å²) >= 11 is 0. The molecule has 9 heterocycles. The van der Waals surface area contributed by atoms with Crippen LogP contribution in [0.5, 0.6) is 0 Å². The largest absolute Gasteiger partial charge is 0.309 e. The fourth-order valence-corrected chi connectivity index (χ4v) is 10.9. The Morgan fingerprint density at radius 1 is 0.365 bits per heavy atom. The predicted octanol–water partition coefficient (Wildman–Crippen LogP) is 2.47. The molecule has 9 rings (SSSR count). The van der Waals surface area contributed by atoms with Crippen molar-refractivity contribution >= 4 is 0 Å². The molecule has 0 aromatic carbocycles. The van der Waals surface area contributed by atoms with Crippen molar-refractivity contribution in [3.05, 3.63) is 145 Å². The first kappa shape index (κ1) is 33.7. The van der Waals surface area contributed by atoms with E-state index in [-0.39, 0.29) is 47.8 Å². The summed E-state index contributed by atoms with van der Waals surface area (Å²) in [5, 5.41) is 17.2. The maximum atomic E-state index is 4.33. The van der Waals surface area contributed by atoms with Gasteiger partial charge >= 0.3 is 0 Å². The zero-order valence-electron chi connectivity index (χ0n) is 31.1. The van der Waals surface area contributed by atoms with E-state index in [0.29, 0.717) is 24.2 Å². The normalized spacial score (nSPS) is 35.3. The van der Waals surface area contributed by atoms with E-state index in [9.17, 15) is 0 Å². The van der Waals surface area contributed by atoms with Gasteiger partial charge in [0.1, 0.15) is 28.2 Å². The van der Waals surface area contributed by atoms with Gasteiger partial charge in [-0.1, -0.05) is 48.6 Å². The number of fused-ring (bicyclic) bond motifs is 8. The summed E-state index contributed by atoms with van der Waals surface area (Å²) in [4.78, 5) is 0. The van der Waals surface area contributed by atoms with E-state index in [1.165, 1.54) is 22.8 Å². The van der Waals surface area contributed by atoms with Crippen LogP contribution < -0.4 is 39.5 Å². The fourth-order valence-electron chi connectivity index (χ4n) is 10.9. The number of hydrogen-bond donors (Lipinski definition) is 4. The highest BCUT2D eigenvalue weighted by Crippen LogP contribution is 2.42. The highest BCUT2D eigenvalue weighted by Gasteiger charge is 2.51. The molecule has 5 aliphatic heterocycles. The standard InChI is InChI=1S/C44H56N8/c1-49-25-9-5-13-37(49)41-29-17-19-31(45-29)42(38-14-6-10-26-50(38)2)33-21-23-35(47-33)44(40-16-8-12-28-52(40)4)36-24-22-34(48-36)43(32-20-18-30(41)46-32)39-15-7-11-27-51(39)3/h5-17,19,22,24-36,41-48H,18,20-21,23H2,1-4H3/q+4. The van der Waals surface area contributed by atoms with E-state index in [2.05, 4.69) is 190 Å². The number of nitrogens with one attached hydrogen (secondary N) is 4. The van der Waals surface area contributed by atoms with E-state index >= 15 is 0 Å². The lowest BCUT2D eigenvalue weighted by Crippen LogP contribution is -2.56. The Bertz CT molecular complexity index is 1700. The van der Waals surface area contributed by atoms with Gasteiger partial charge in [-0.2, -0.15) is 0 Å². The average molecular weight is 697 g/mol.